The van der Waals surface area contributed by atoms with E-state index in [1.165, 1.54) is 32.6 Å². The average Bonchev–Trinajstić information content (AvgIpc) is 3.68. The van der Waals surface area contributed by atoms with Gasteiger partial charge in [0.25, 0.3) is 0 Å². The standard InChI is InChI=1S/C35H20N2OS/c1-2-10-21(11-3-1)26-20-30-33(32-25-15-7-9-17-29(25)38-34(26)32)36-35(39-30)37-27-16-8-6-14-24(27)31-23-13-5-4-12-22(23)18-19-28(31)37/h1-20H. The SMILES string of the molecule is c1ccc(-c2cc3sc(-n4c5ccccc5c5c6ccccc6ccc54)nc3c3c2oc2ccccc23)cc1. The number of thiazole rings is 1. The normalized spacial score (nSPS) is 12.1. The maximum absolute atomic E-state index is 6.49. The molecule has 6 aromatic carbocycles. The number of hydrogen-bond acceptors (Lipinski definition) is 3. The molecule has 0 saturated carbocycles. The van der Waals surface area contributed by atoms with Crippen LogP contribution >= 0.6 is 11.3 Å². The molecule has 0 amide bonds. The zero-order valence-corrected chi connectivity index (χ0v) is 21.6. The molecule has 3 aromatic heterocycles. The summed E-state index contributed by atoms with van der Waals surface area (Å²) in [4.78, 5) is 5.34. The van der Waals surface area contributed by atoms with Crippen LogP contribution in [0.3, 0.4) is 0 Å². The van der Waals surface area contributed by atoms with Crippen molar-refractivity contribution in [3.05, 3.63) is 121 Å². The lowest BCUT2D eigenvalue weighted by molar-refractivity contribution is 0.670. The van der Waals surface area contributed by atoms with E-state index in [2.05, 4.69) is 114 Å². The monoisotopic (exact) mass is 516 g/mol. The van der Waals surface area contributed by atoms with Crippen molar-refractivity contribution in [2.45, 2.75) is 0 Å². The molecule has 9 aromatic rings. The van der Waals surface area contributed by atoms with Gasteiger partial charge in [-0.3, -0.25) is 4.57 Å². The van der Waals surface area contributed by atoms with Gasteiger partial charge in [-0.15, -0.1) is 0 Å². The molecule has 39 heavy (non-hydrogen) atoms. The Bertz CT molecular complexity index is 2390. The third kappa shape index (κ3) is 2.89. The van der Waals surface area contributed by atoms with E-state index in [-0.39, 0.29) is 0 Å². The molecule has 0 aliphatic rings. The Balaban J connectivity index is 1.43. The summed E-state index contributed by atoms with van der Waals surface area (Å²) in [6.45, 7) is 0. The second-order valence-electron chi connectivity index (χ2n) is 9.97. The molecule has 0 unspecified atom stereocenters. The number of para-hydroxylation sites is 2. The van der Waals surface area contributed by atoms with Gasteiger partial charge < -0.3 is 4.42 Å². The average molecular weight is 517 g/mol. The molecule has 0 aliphatic carbocycles. The van der Waals surface area contributed by atoms with E-state index in [0.717, 1.165) is 48.4 Å². The Labute approximate surface area is 227 Å². The predicted molar refractivity (Wildman–Crippen MR) is 164 cm³/mol. The van der Waals surface area contributed by atoms with Crippen LogP contribution in [0.25, 0.3) is 81.0 Å². The minimum absolute atomic E-state index is 0.884. The van der Waals surface area contributed by atoms with Crippen LogP contribution < -0.4 is 0 Å². The maximum Gasteiger partial charge on any atom is 0.195 e. The number of rotatable bonds is 2. The van der Waals surface area contributed by atoms with Crippen molar-refractivity contribution in [3.8, 4) is 16.3 Å². The van der Waals surface area contributed by atoms with Crippen LogP contribution in [0.4, 0.5) is 0 Å². The highest BCUT2D eigenvalue weighted by Crippen LogP contribution is 2.44. The predicted octanol–water partition coefficient (Wildman–Crippen LogP) is 10.1. The number of furan rings is 1. The molecular weight excluding hydrogens is 496 g/mol. The molecule has 3 nitrogen and oxygen atoms in total. The second kappa shape index (κ2) is 7.79. The molecule has 0 bridgehead atoms. The molecule has 0 fully saturated rings. The summed E-state index contributed by atoms with van der Waals surface area (Å²) >= 11 is 1.74. The summed E-state index contributed by atoms with van der Waals surface area (Å²) in [6.07, 6.45) is 0. The first-order valence-corrected chi connectivity index (χ1v) is 13.9. The molecular formula is C35H20N2OS. The Morgan fingerprint density at radius 3 is 2.26 bits per heavy atom. The summed E-state index contributed by atoms with van der Waals surface area (Å²) in [5.74, 6) is 0. The fourth-order valence-corrected chi connectivity index (χ4v) is 7.18. The number of fused-ring (bicyclic) bond motifs is 10. The van der Waals surface area contributed by atoms with E-state index < -0.39 is 0 Å². The Morgan fingerprint density at radius 2 is 1.36 bits per heavy atom. The van der Waals surface area contributed by atoms with E-state index >= 15 is 0 Å². The van der Waals surface area contributed by atoms with E-state index in [1.807, 2.05) is 12.1 Å². The minimum Gasteiger partial charge on any atom is -0.455 e. The van der Waals surface area contributed by atoms with Gasteiger partial charge >= 0.3 is 0 Å². The maximum atomic E-state index is 6.49. The van der Waals surface area contributed by atoms with Crippen molar-refractivity contribution < 1.29 is 4.42 Å². The van der Waals surface area contributed by atoms with Crippen LogP contribution in [0.15, 0.2) is 126 Å². The third-order valence-corrected chi connectivity index (χ3v) is 8.82. The Morgan fingerprint density at radius 1 is 0.615 bits per heavy atom. The lowest BCUT2D eigenvalue weighted by Gasteiger charge is -2.04. The van der Waals surface area contributed by atoms with Crippen LogP contribution in [0, 0.1) is 0 Å². The molecule has 0 spiro atoms. The van der Waals surface area contributed by atoms with Gasteiger partial charge in [-0.2, -0.15) is 0 Å². The van der Waals surface area contributed by atoms with E-state index in [1.54, 1.807) is 11.3 Å². The number of hydrogen-bond donors (Lipinski definition) is 0. The van der Waals surface area contributed by atoms with E-state index in [0.29, 0.717) is 0 Å². The molecule has 182 valence electrons. The van der Waals surface area contributed by atoms with Crippen molar-refractivity contribution in [3.63, 3.8) is 0 Å². The molecule has 0 atom stereocenters. The van der Waals surface area contributed by atoms with Gasteiger partial charge in [-0.25, -0.2) is 4.98 Å². The summed E-state index contributed by atoms with van der Waals surface area (Å²) < 4.78 is 9.97. The van der Waals surface area contributed by atoms with Crippen LogP contribution in [0.5, 0.6) is 0 Å². The number of aromatic nitrogens is 2. The van der Waals surface area contributed by atoms with Gasteiger partial charge in [0, 0.05) is 21.7 Å². The summed E-state index contributed by atoms with van der Waals surface area (Å²) in [7, 11) is 0. The van der Waals surface area contributed by atoms with Crippen molar-refractivity contribution in [1.29, 1.82) is 0 Å². The van der Waals surface area contributed by atoms with Crippen LogP contribution in [0.1, 0.15) is 0 Å². The van der Waals surface area contributed by atoms with Gasteiger partial charge in [-0.05, 0) is 40.6 Å². The Kier molecular flexibility index (Phi) is 4.21. The molecule has 4 heteroatoms. The van der Waals surface area contributed by atoms with E-state index in [4.69, 9.17) is 9.40 Å². The van der Waals surface area contributed by atoms with Gasteiger partial charge in [0.1, 0.15) is 11.2 Å². The van der Waals surface area contributed by atoms with Gasteiger partial charge in [0.15, 0.2) is 5.13 Å². The molecule has 3 heterocycles. The molecule has 0 N–H and O–H groups in total. The first-order valence-electron chi connectivity index (χ1n) is 13.1. The highest BCUT2D eigenvalue weighted by Gasteiger charge is 2.22. The van der Waals surface area contributed by atoms with Crippen LogP contribution in [0.2, 0.25) is 0 Å². The minimum atomic E-state index is 0.884. The van der Waals surface area contributed by atoms with Gasteiger partial charge in [0.05, 0.1) is 26.6 Å². The van der Waals surface area contributed by atoms with Crippen molar-refractivity contribution in [2.24, 2.45) is 0 Å². The lowest BCUT2D eigenvalue weighted by Crippen LogP contribution is -1.92. The first kappa shape index (κ1) is 21.1. The highest BCUT2D eigenvalue weighted by molar-refractivity contribution is 7.21. The third-order valence-electron chi connectivity index (χ3n) is 7.83. The fraction of sp³-hybridized carbons (Fsp3) is 0. The fourth-order valence-electron chi connectivity index (χ4n) is 6.14. The first-order chi connectivity index (χ1) is 19.3. The van der Waals surface area contributed by atoms with Gasteiger partial charge in [0.2, 0.25) is 0 Å². The topological polar surface area (TPSA) is 31.0 Å². The van der Waals surface area contributed by atoms with Crippen LogP contribution in [-0.4, -0.2) is 9.55 Å². The summed E-state index contributed by atoms with van der Waals surface area (Å²) in [5, 5.41) is 8.16. The number of benzene rings is 6. The van der Waals surface area contributed by atoms with E-state index in [9.17, 15) is 0 Å². The van der Waals surface area contributed by atoms with Crippen molar-refractivity contribution in [2.75, 3.05) is 0 Å². The van der Waals surface area contributed by atoms with Crippen molar-refractivity contribution in [1.82, 2.24) is 9.55 Å². The second-order valence-corrected chi connectivity index (χ2v) is 11.0. The molecule has 0 saturated heterocycles. The summed E-state index contributed by atoms with van der Waals surface area (Å²) in [5.41, 5.74) is 7.33. The van der Waals surface area contributed by atoms with Crippen molar-refractivity contribution >= 4 is 76.1 Å². The molecule has 0 radical (unpaired) electrons. The zero-order chi connectivity index (χ0) is 25.5. The zero-order valence-electron chi connectivity index (χ0n) is 20.8. The summed E-state index contributed by atoms with van der Waals surface area (Å²) in [6, 6.07) is 42.8. The van der Waals surface area contributed by atoms with Crippen LogP contribution in [-0.2, 0) is 0 Å². The Hall–Kier alpha value is -4.93. The molecule has 0 aliphatic heterocycles. The molecule has 9 rings (SSSR count). The highest BCUT2D eigenvalue weighted by atomic mass is 32.1. The van der Waals surface area contributed by atoms with Gasteiger partial charge in [-0.1, -0.05) is 108 Å². The smallest absolute Gasteiger partial charge is 0.195 e. The quantitative estimate of drug-likeness (QED) is 0.229. The lowest BCUT2D eigenvalue weighted by atomic mass is 10.0. The largest absolute Gasteiger partial charge is 0.455 e. The number of nitrogens with zero attached hydrogens (tertiary/aromatic N) is 2.